The zero-order valence-electron chi connectivity index (χ0n) is 24.6. The Morgan fingerprint density at radius 3 is 2.41 bits per heavy atom. The second-order valence-electron chi connectivity index (χ2n) is 11.5. The second-order valence-corrected chi connectivity index (χ2v) is 12.7. The number of aliphatic hydroxyl groups is 1. The molecule has 2 aliphatic heterocycles. The van der Waals surface area contributed by atoms with E-state index in [4.69, 9.17) is 0 Å². The van der Waals surface area contributed by atoms with Crippen LogP contribution in [0.5, 0.6) is 0 Å². The van der Waals surface area contributed by atoms with Gasteiger partial charge >= 0.3 is 0 Å². The van der Waals surface area contributed by atoms with E-state index in [1.807, 2.05) is 44.7 Å². The average molecular weight is 575 g/mol. The van der Waals surface area contributed by atoms with Crippen LogP contribution in [0.25, 0.3) is 11.1 Å². The van der Waals surface area contributed by atoms with E-state index in [2.05, 4.69) is 57.4 Å². The number of nitrogens with one attached hydrogen (secondary N) is 2. The van der Waals surface area contributed by atoms with Gasteiger partial charge < -0.3 is 20.3 Å². The van der Waals surface area contributed by atoms with Gasteiger partial charge in [0, 0.05) is 61.3 Å². The minimum absolute atomic E-state index is 0.158. The Morgan fingerprint density at radius 1 is 1.07 bits per heavy atom. The molecule has 0 spiro atoms. The van der Waals surface area contributed by atoms with Gasteiger partial charge in [0.05, 0.1) is 6.10 Å². The third kappa shape index (κ3) is 6.71. The van der Waals surface area contributed by atoms with Crippen LogP contribution in [0, 0.1) is 20.8 Å². The molecule has 5 rings (SSSR count). The van der Waals surface area contributed by atoms with E-state index in [0.29, 0.717) is 17.2 Å². The summed E-state index contributed by atoms with van der Waals surface area (Å²) in [7, 11) is 0. The largest absolute Gasteiger partial charge is 0.390 e. The lowest BCUT2D eigenvalue weighted by molar-refractivity contribution is -0.00286. The number of aryl methyl sites for hydroxylation is 2. The molecule has 0 bridgehead atoms. The molecule has 3 heterocycles. The number of anilines is 1. The SMILES string of the molecule is CCN(c1cc(-c2ccc(CN3CC(O)C3)cc2)cc(C(=O)NCc2c(C)cc(C)[nH]c2=O)c1C)C1CCSCC1. The number of aromatic amines is 1. The first-order valence-corrected chi connectivity index (χ1v) is 15.8. The molecule has 1 amide bonds. The molecule has 0 saturated carbocycles. The fourth-order valence-electron chi connectivity index (χ4n) is 6.12. The predicted molar refractivity (Wildman–Crippen MR) is 169 cm³/mol. The van der Waals surface area contributed by atoms with Crippen LogP contribution in [0.4, 0.5) is 5.69 Å². The summed E-state index contributed by atoms with van der Waals surface area (Å²) in [6.45, 7) is 11.3. The predicted octanol–water partition coefficient (Wildman–Crippen LogP) is 4.80. The molecule has 0 atom stereocenters. The van der Waals surface area contributed by atoms with Crippen molar-refractivity contribution in [1.82, 2.24) is 15.2 Å². The van der Waals surface area contributed by atoms with E-state index in [0.717, 1.165) is 84.2 Å². The number of pyridine rings is 1. The van der Waals surface area contributed by atoms with Gasteiger partial charge in [0.25, 0.3) is 11.5 Å². The topological polar surface area (TPSA) is 88.7 Å². The molecule has 0 unspecified atom stereocenters. The third-order valence-corrected chi connectivity index (χ3v) is 9.51. The van der Waals surface area contributed by atoms with E-state index in [-0.39, 0.29) is 24.1 Å². The molecule has 218 valence electrons. The Balaban J connectivity index is 1.47. The highest BCUT2D eigenvalue weighted by atomic mass is 32.2. The number of aromatic nitrogens is 1. The van der Waals surface area contributed by atoms with Crippen LogP contribution in [0.3, 0.4) is 0 Å². The molecule has 3 aromatic rings. The minimum Gasteiger partial charge on any atom is -0.390 e. The first kappa shape index (κ1) is 29.4. The van der Waals surface area contributed by atoms with E-state index in [1.54, 1.807) is 0 Å². The smallest absolute Gasteiger partial charge is 0.253 e. The number of β-amino-alcohol motifs (C(OH)–C–C–N with tert-alkyl or cyclic N) is 1. The summed E-state index contributed by atoms with van der Waals surface area (Å²) in [4.78, 5) is 33.9. The van der Waals surface area contributed by atoms with Crippen molar-refractivity contribution in [2.24, 2.45) is 0 Å². The quantitative estimate of drug-likeness (QED) is 0.341. The number of aliphatic hydroxyl groups excluding tert-OH is 1. The van der Waals surface area contributed by atoms with Crippen molar-refractivity contribution in [2.75, 3.05) is 36.0 Å². The van der Waals surface area contributed by atoms with E-state index < -0.39 is 0 Å². The molecule has 2 saturated heterocycles. The van der Waals surface area contributed by atoms with Crippen LogP contribution in [0.1, 0.15) is 58.1 Å². The Kier molecular flexibility index (Phi) is 9.22. The normalized spacial score (nSPS) is 16.4. The summed E-state index contributed by atoms with van der Waals surface area (Å²) in [5, 5.41) is 12.7. The summed E-state index contributed by atoms with van der Waals surface area (Å²) in [6.07, 6.45) is 2.07. The summed E-state index contributed by atoms with van der Waals surface area (Å²) in [6, 6.07) is 15.2. The number of nitrogens with zero attached hydrogens (tertiary/aromatic N) is 2. The van der Waals surface area contributed by atoms with Gasteiger partial charge in [0.1, 0.15) is 0 Å². The van der Waals surface area contributed by atoms with Gasteiger partial charge in [-0.05, 0) is 98.1 Å². The number of hydrogen-bond donors (Lipinski definition) is 3. The number of likely N-dealkylation sites (tertiary alicyclic amines) is 1. The Hall–Kier alpha value is -3.07. The van der Waals surface area contributed by atoms with E-state index in [1.165, 1.54) is 5.56 Å². The lowest BCUT2D eigenvalue weighted by Crippen LogP contribution is -2.49. The van der Waals surface area contributed by atoms with Crippen molar-refractivity contribution < 1.29 is 9.90 Å². The number of thioether (sulfide) groups is 1. The summed E-state index contributed by atoms with van der Waals surface area (Å²) in [5.41, 5.74) is 8.10. The van der Waals surface area contributed by atoms with Gasteiger partial charge in [-0.2, -0.15) is 11.8 Å². The molecule has 1 aromatic heterocycles. The van der Waals surface area contributed by atoms with Crippen molar-refractivity contribution in [3.05, 3.63) is 86.3 Å². The van der Waals surface area contributed by atoms with Crippen LogP contribution < -0.4 is 15.8 Å². The van der Waals surface area contributed by atoms with Crippen molar-refractivity contribution in [3.8, 4) is 11.1 Å². The molecule has 3 N–H and O–H groups in total. The highest BCUT2D eigenvalue weighted by Gasteiger charge is 2.26. The number of benzene rings is 2. The Morgan fingerprint density at radius 2 is 1.78 bits per heavy atom. The molecule has 0 aliphatic carbocycles. The number of amides is 1. The Labute approximate surface area is 247 Å². The van der Waals surface area contributed by atoms with Crippen molar-refractivity contribution in [2.45, 2.75) is 65.8 Å². The summed E-state index contributed by atoms with van der Waals surface area (Å²) >= 11 is 2.02. The summed E-state index contributed by atoms with van der Waals surface area (Å²) in [5.74, 6) is 2.15. The van der Waals surface area contributed by atoms with Crippen LogP contribution >= 0.6 is 11.8 Å². The second kappa shape index (κ2) is 12.8. The van der Waals surface area contributed by atoms with Crippen molar-refractivity contribution in [3.63, 3.8) is 0 Å². The van der Waals surface area contributed by atoms with Gasteiger partial charge in [0.15, 0.2) is 0 Å². The Bertz CT molecular complexity index is 1440. The molecule has 2 aromatic carbocycles. The molecule has 8 heteroatoms. The van der Waals surface area contributed by atoms with Gasteiger partial charge in [0.2, 0.25) is 0 Å². The average Bonchev–Trinajstić information content (AvgIpc) is 2.94. The molecule has 2 fully saturated rings. The zero-order chi connectivity index (χ0) is 29.1. The number of carbonyl (C=O) groups excluding carboxylic acids is 1. The monoisotopic (exact) mass is 574 g/mol. The van der Waals surface area contributed by atoms with Crippen LogP contribution in [0.2, 0.25) is 0 Å². The molecule has 0 radical (unpaired) electrons. The lowest BCUT2D eigenvalue weighted by Gasteiger charge is -2.37. The maximum atomic E-state index is 13.7. The fourth-order valence-corrected chi connectivity index (χ4v) is 7.20. The number of rotatable bonds is 9. The maximum Gasteiger partial charge on any atom is 0.253 e. The van der Waals surface area contributed by atoms with E-state index >= 15 is 0 Å². The van der Waals surface area contributed by atoms with Gasteiger partial charge in [-0.1, -0.05) is 24.3 Å². The van der Waals surface area contributed by atoms with Crippen molar-refractivity contribution >= 4 is 23.4 Å². The van der Waals surface area contributed by atoms with Crippen LogP contribution in [-0.2, 0) is 13.1 Å². The number of H-pyrrole nitrogens is 1. The maximum absolute atomic E-state index is 13.7. The fraction of sp³-hybridized carbons (Fsp3) is 0.455. The van der Waals surface area contributed by atoms with Crippen LogP contribution in [0.15, 0.2) is 47.3 Å². The standard InChI is InChI=1S/C33H42N4O3S/c1-5-37(27-10-12-41-13-11-27)31-16-26(25-8-6-24(7-9-25)18-36-19-28(38)20-36)15-29(23(31)4)32(39)34-17-30-21(2)14-22(3)35-33(30)40/h6-9,14-16,27-28,38H,5,10-13,17-20H2,1-4H3,(H,34,39)(H,35,40). The van der Waals surface area contributed by atoms with Gasteiger partial charge in [-0.15, -0.1) is 0 Å². The third-order valence-electron chi connectivity index (χ3n) is 8.46. The highest BCUT2D eigenvalue weighted by molar-refractivity contribution is 7.99. The lowest BCUT2D eigenvalue weighted by atomic mass is 9.95. The van der Waals surface area contributed by atoms with Gasteiger partial charge in [-0.25, -0.2) is 0 Å². The zero-order valence-corrected chi connectivity index (χ0v) is 25.4. The van der Waals surface area contributed by atoms with Crippen LogP contribution in [-0.4, -0.2) is 64.2 Å². The molecular weight excluding hydrogens is 532 g/mol. The van der Waals surface area contributed by atoms with Crippen molar-refractivity contribution in [1.29, 1.82) is 0 Å². The van der Waals surface area contributed by atoms with Gasteiger partial charge in [-0.3, -0.25) is 14.5 Å². The molecular formula is C33H42N4O3S. The molecule has 7 nitrogen and oxygen atoms in total. The number of hydrogen-bond acceptors (Lipinski definition) is 6. The van der Waals surface area contributed by atoms with E-state index in [9.17, 15) is 14.7 Å². The number of carbonyl (C=O) groups is 1. The minimum atomic E-state index is -0.206. The summed E-state index contributed by atoms with van der Waals surface area (Å²) < 4.78 is 0. The first-order valence-electron chi connectivity index (χ1n) is 14.7. The first-order chi connectivity index (χ1) is 19.7. The molecule has 41 heavy (non-hydrogen) atoms. The highest BCUT2D eigenvalue weighted by Crippen LogP contribution is 2.35. The molecule has 2 aliphatic rings.